The number of hydrogen-bond donors (Lipinski definition) is 2. The van der Waals surface area contributed by atoms with Crippen LogP contribution in [0.3, 0.4) is 0 Å². The number of halogens is 4. The van der Waals surface area contributed by atoms with E-state index >= 15 is 0 Å². The van der Waals surface area contributed by atoms with E-state index in [9.17, 15) is 13.2 Å². The van der Waals surface area contributed by atoms with Gasteiger partial charge in [0.15, 0.2) is 11.7 Å². The summed E-state index contributed by atoms with van der Waals surface area (Å²) in [4.78, 5) is 8.16. The van der Waals surface area contributed by atoms with Crippen molar-refractivity contribution in [3.05, 3.63) is 51.5 Å². The van der Waals surface area contributed by atoms with E-state index in [2.05, 4.69) is 20.6 Å². The number of nitrogens with one attached hydrogen (secondary N) is 2. The molecule has 0 aliphatic rings. The summed E-state index contributed by atoms with van der Waals surface area (Å²) in [6, 6.07) is 8.07. The molecule has 2 aromatic rings. The fourth-order valence-corrected chi connectivity index (χ4v) is 3.16. The minimum atomic E-state index is -4.39. The second-order valence-corrected chi connectivity index (χ2v) is 7.62. The van der Waals surface area contributed by atoms with Crippen molar-refractivity contribution in [1.82, 2.24) is 15.6 Å². The number of thiazole rings is 1. The lowest BCUT2D eigenvalue weighted by molar-refractivity contribution is -0.140. The van der Waals surface area contributed by atoms with Gasteiger partial charge >= 0.3 is 6.18 Å². The molecule has 0 fully saturated rings. The van der Waals surface area contributed by atoms with Crippen molar-refractivity contribution in [3.8, 4) is 0 Å². The molecular weight excluding hydrogens is 528 g/mol. The molecule has 1 heterocycles. The summed E-state index contributed by atoms with van der Waals surface area (Å²) in [7, 11) is 0. The lowest BCUT2D eigenvalue weighted by Crippen LogP contribution is -2.38. The third kappa shape index (κ3) is 9.61. The number of benzene rings is 1. The van der Waals surface area contributed by atoms with Crippen LogP contribution in [0.1, 0.15) is 42.6 Å². The number of hydrogen-bond acceptors (Lipinski definition) is 4. The largest absolute Gasteiger partial charge is 0.434 e. The Morgan fingerprint density at radius 2 is 1.83 bits per heavy atom. The van der Waals surface area contributed by atoms with Crippen molar-refractivity contribution in [2.75, 3.05) is 13.1 Å². The Morgan fingerprint density at radius 1 is 1.17 bits per heavy atom. The second-order valence-electron chi connectivity index (χ2n) is 6.67. The van der Waals surface area contributed by atoms with Crippen LogP contribution in [-0.4, -0.2) is 30.1 Å². The van der Waals surface area contributed by atoms with Gasteiger partial charge in [0.1, 0.15) is 0 Å². The highest BCUT2D eigenvalue weighted by molar-refractivity contribution is 14.0. The zero-order valence-electron chi connectivity index (χ0n) is 17.3. The molecule has 2 rings (SSSR count). The first-order chi connectivity index (χ1) is 13.8. The Bertz CT molecular complexity index is 779. The van der Waals surface area contributed by atoms with Gasteiger partial charge in [0.05, 0.1) is 24.3 Å². The van der Waals surface area contributed by atoms with E-state index < -0.39 is 11.9 Å². The van der Waals surface area contributed by atoms with Crippen LogP contribution in [0.15, 0.2) is 34.6 Å². The normalized spacial score (nSPS) is 12.0. The van der Waals surface area contributed by atoms with Crippen LogP contribution in [0.5, 0.6) is 0 Å². The van der Waals surface area contributed by atoms with Crippen LogP contribution in [0.4, 0.5) is 13.2 Å². The van der Waals surface area contributed by atoms with E-state index in [1.165, 1.54) is 0 Å². The highest BCUT2D eigenvalue weighted by atomic mass is 127. The predicted octanol–water partition coefficient (Wildman–Crippen LogP) is 5.00. The molecule has 0 spiro atoms. The summed E-state index contributed by atoms with van der Waals surface area (Å²) in [6.45, 7) is 8.17. The molecule has 0 aliphatic heterocycles. The van der Waals surface area contributed by atoms with E-state index in [-0.39, 0.29) is 30.1 Å². The van der Waals surface area contributed by atoms with E-state index in [1.54, 1.807) is 0 Å². The minimum absolute atomic E-state index is 0. The zero-order valence-corrected chi connectivity index (χ0v) is 20.4. The van der Waals surface area contributed by atoms with Crippen LogP contribution >= 0.6 is 35.3 Å². The van der Waals surface area contributed by atoms with Gasteiger partial charge in [0.25, 0.3) is 0 Å². The summed E-state index contributed by atoms with van der Waals surface area (Å²) >= 11 is 1.02. The number of nitrogens with zero attached hydrogens (tertiary/aromatic N) is 2. The number of rotatable bonds is 9. The number of guanidine groups is 1. The minimum Gasteiger partial charge on any atom is -0.374 e. The van der Waals surface area contributed by atoms with Gasteiger partial charge < -0.3 is 15.4 Å². The summed E-state index contributed by atoms with van der Waals surface area (Å²) in [6.07, 6.45) is -3.80. The van der Waals surface area contributed by atoms with Gasteiger partial charge in [0, 0.05) is 24.9 Å². The van der Waals surface area contributed by atoms with E-state index in [0.717, 1.165) is 27.8 Å². The summed E-state index contributed by atoms with van der Waals surface area (Å²) in [5.74, 6) is 0.618. The van der Waals surface area contributed by atoms with Gasteiger partial charge in [-0.05, 0) is 31.9 Å². The van der Waals surface area contributed by atoms with Crippen LogP contribution in [0.25, 0.3) is 0 Å². The zero-order chi connectivity index (χ0) is 21.3. The lowest BCUT2D eigenvalue weighted by atomic mass is 10.1. The first kappa shape index (κ1) is 26.6. The van der Waals surface area contributed by atoms with Gasteiger partial charge in [-0.25, -0.2) is 9.98 Å². The van der Waals surface area contributed by atoms with Gasteiger partial charge in [0.2, 0.25) is 0 Å². The van der Waals surface area contributed by atoms with Crippen LogP contribution in [-0.2, 0) is 30.5 Å². The van der Waals surface area contributed by atoms with Gasteiger partial charge in [-0.15, -0.1) is 35.3 Å². The molecule has 0 unspecified atom stereocenters. The average Bonchev–Trinajstić information content (AvgIpc) is 3.14. The molecule has 0 saturated heterocycles. The topological polar surface area (TPSA) is 58.5 Å². The lowest BCUT2D eigenvalue weighted by Gasteiger charge is -2.11. The molecule has 0 amide bonds. The molecule has 0 atom stereocenters. The molecule has 0 bridgehead atoms. The van der Waals surface area contributed by atoms with Gasteiger partial charge in [-0.2, -0.15) is 13.2 Å². The van der Waals surface area contributed by atoms with Gasteiger partial charge in [-0.3, -0.25) is 0 Å². The fraction of sp³-hybridized carbons (Fsp3) is 0.500. The maximum absolute atomic E-state index is 12.6. The molecule has 168 valence electrons. The molecule has 0 aliphatic carbocycles. The molecular formula is C20H28F3IN4OS. The molecule has 1 aromatic heterocycles. The van der Waals surface area contributed by atoms with Crippen molar-refractivity contribution in [2.24, 2.45) is 4.99 Å². The predicted molar refractivity (Wildman–Crippen MR) is 125 cm³/mol. The fourth-order valence-electron chi connectivity index (χ4n) is 2.36. The quantitative estimate of drug-likeness (QED) is 0.259. The first-order valence-electron chi connectivity index (χ1n) is 9.51. The molecule has 2 N–H and O–H groups in total. The molecule has 10 heteroatoms. The number of ether oxygens (including phenoxy) is 1. The van der Waals surface area contributed by atoms with Crippen LogP contribution in [0, 0.1) is 0 Å². The monoisotopic (exact) mass is 556 g/mol. The maximum atomic E-state index is 12.6. The SMILES string of the molecule is CCNC(=NCc1ccc(COC(C)C)cc1)NCCc1nc(C(F)(F)F)cs1.I. The first-order valence-corrected chi connectivity index (χ1v) is 10.4. The van der Waals surface area contributed by atoms with Crippen LogP contribution < -0.4 is 10.6 Å². The number of aliphatic imine (C=N–C) groups is 1. The Morgan fingerprint density at radius 3 is 2.40 bits per heavy atom. The van der Waals surface area contributed by atoms with Crippen LogP contribution in [0.2, 0.25) is 0 Å². The Hall–Kier alpha value is -1.40. The smallest absolute Gasteiger partial charge is 0.374 e. The maximum Gasteiger partial charge on any atom is 0.434 e. The molecule has 30 heavy (non-hydrogen) atoms. The Balaban J connectivity index is 0.00000450. The number of aromatic nitrogens is 1. The summed E-state index contributed by atoms with van der Waals surface area (Å²) in [5, 5.41) is 7.76. The Labute approximate surface area is 196 Å². The van der Waals surface area contributed by atoms with Crippen molar-refractivity contribution < 1.29 is 17.9 Å². The van der Waals surface area contributed by atoms with E-state index in [1.807, 2.05) is 45.0 Å². The highest BCUT2D eigenvalue weighted by Crippen LogP contribution is 2.29. The summed E-state index contributed by atoms with van der Waals surface area (Å²) in [5.41, 5.74) is 1.34. The molecule has 0 radical (unpaired) electrons. The average molecular weight is 556 g/mol. The summed E-state index contributed by atoms with van der Waals surface area (Å²) < 4.78 is 43.4. The Kier molecular flexibility index (Phi) is 11.6. The number of alkyl halides is 3. The van der Waals surface area contributed by atoms with Crippen molar-refractivity contribution >= 4 is 41.3 Å². The van der Waals surface area contributed by atoms with E-state index in [0.29, 0.717) is 43.6 Å². The van der Waals surface area contributed by atoms with Gasteiger partial charge in [-0.1, -0.05) is 24.3 Å². The van der Waals surface area contributed by atoms with Crippen molar-refractivity contribution in [2.45, 2.75) is 52.6 Å². The molecule has 5 nitrogen and oxygen atoms in total. The third-order valence-corrected chi connectivity index (χ3v) is 4.75. The molecule has 0 saturated carbocycles. The van der Waals surface area contributed by atoms with E-state index in [4.69, 9.17) is 4.74 Å². The standard InChI is InChI=1S/C20H27F3N4OS.HI/c1-4-24-19(25-10-9-18-27-17(13-29-18)20(21,22)23)26-11-15-5-7-16(8-6-15)12-28-14(2)3;/h5-8,13-14H,4,9-12H2,1-3H3,(H2,24,25,26);1H. The molecule has 1 aromatic carbocycles. The second kappa shape index (κ2) is 13.1. The van der Waals surface area contributed by atoms with Crippen molar-refractivity contribution in [3.63, 3.8) is 0 Å². The third-order valence-electron chi connectivity index (χ3n) is 3.84. The van der Waals surface area contributed by atoms with Crippen molar-refractivity contribution in [1.29, 1.82) is 0 Å². The highest BCUT2D eigenvalue weighted by Gasteiger charge is 2.33.